The third kappa shape index (κ3) is 12.2. The van der Waals surface area contributed by atoms with Crippen molar-refractivity contribution in [3.63, 3.8) is 0 Å². The van der Waals surface area contributed by atoms with Crippen LogP contribution in [0.4, 0.5) is 24.5 Å². The summed E-state index contributed by atoms with van der Waals surface area (Å²) in [4.78, 5) is 80.9. The number of nitrogens with two attached hydrogens (primary N) is 1. The summed E-state index contributed by atoms with van der Waals surface area (Å²) in [5.41, 5.74) is 8.42. The Morgan fingerprint density at radius 3 is 2.21 bits per heavy atom. The number of carbonyl (C=O) groups is 6. The molecule has 356 valence electrons. The van der Waals surface area contributed by atoms with Crippen molar-refractivity contribution in [3.8, 4) is 0 Å². The quantitative estimate of drug-likeness (QED) is 0.0654. The molecule has 3 heterocycles. The molecule has 68 heavy (non-hydrogen) atoms. The molecule has 6 N–H and O–H groups in total. The zero-order valence-electron chi connectivity index (χ0n) is 37.3. The molecule has 1 saturated heterocycles. The van der Waals surface area contributed by atoms with E-state index in [9.17, 15) is 33.9 Å². The van der Waals surface area contributed by atoms with Gasteiger partial charge in [0.1, 0.15) is 36.3 Å². The van der Waals surface area contributed by atoms with E-state index in [4.69, 9.17) is 15.2 Å². The van der Waals surface area contributed by atoms with Gasteiger partial charge < -0.3 is 51.0 Å². The van der Waals surface area contributed by atoms with Crippen molar-refractivity contribution in [2.75, 3.05) is 44.6 Å². The minimum atomic E-state index is -1.35. The van der Waals surface area contributed by atoms with Crippen molar-refractivity contribution in [2.45, 2.75) is 57.5 Å². The molecule has 0 spiro atoms. The van der Waals surface area contributed by atoms with Gasteiger partial charge in [-0.05, 0) is 67.2 Å². The number of amides is 5. The van der Waals surface area contributed by atoms with Gasteiger partial charge in [0.05, 0.1) is 29.9 Å². The number of aliphatic carboxylic acids is 1. The van der Waals surface area contributed by atoms with Crippen LogP contribution in [0.15, 0.2) is 127 Å². The Bertz CT molecular complexity index is 2540. The Hall–Kier alpha value is -8.03. The molecule has 2 aliphatic heterocycles. The van der Waals surface area contributed by atoms with Crippen LogP contribution in [0.1, 0.15) is 54.2 Å². The third-order valence-electron chi connectivity index (χ3n) is 11.8. The molecule has 1 fully saturated rings. The number of carboxylic acids is 1. The van der Waals surface area contributed by atoms with Gasteiger partial charge in [0.15, 0.2) is 5.78 Å². The predicted octanol–water partition coefficient (Wildman–Crippen LogP) is 4.98. The molecule has 3 aromatic carbocycles. The maximum Gasteiger partial charge on any atom is 0.410 e. The fraction of sp³-hybridized carbons (Fsp3) is 0.333. The molecule has 20 heteroatoms. The van der Waals surface area contributed by atoms with Gasteiger partial charge in [-0.25, -0.2) is 28.3 Å². The number of piperazine rings is 1. The average molecular weight is 933 g/mol. The van der Waals surface area contributed by atoms with Crippen molar-refractivity contribution < 1.29 is 47.7 Å². The molecule has 0 bridgehead atoms. The number of benzene rings is 3. The molecule has 1 aromatic heterocycles. The number of aromatic nitrogens is 3. The van der Waals surface area contributed by atoms with Crippen LogP contribution in [0.2, 0.25) is 0 Å². The minimum absolute atomic E-state index is 0.0548. The second-order valence-corrected chi connectivity index (χ2v) is 16.4. The number of primary amides is 1. The van der Waals surface area contributed by atoms with Crippen molar-refractivity contribution in [2.24, 2.45) is 11.7 Å². The number of fused-ring (bicyclic) bond motifs is 1. The summed E-state index contributed by atoms with van der Waals surface area (Å²) < 4.78 is 28.0. The van der Waals surface area contributed by atoms with Gasteiger partial charge in [0.2, 0.25) is 5.91 Å². The van der Waals surface area contributed by atoms with Crippen LogP contribution in [0.3, 0.4) is 0 Å². The number of nitrogens with zero attached hydrogens (tertiary/aromatic N) is 6. The highest BCUT2D eigenvalue weighted by Crippen LogP contribution is 2.35. The highest BCUT2D eigenvalue weighted by molar-refractivity contribution is 6.18. The predicted molar refractivity (Wildman–Crippen MR) is 245 cm³/mol. The lowest BCUT2D eigenvalue weighted by atomic mass is 9.82. The Kier molecular flexibility index (Phi) is 15.8. The number of ketones is 1. The lowest BCUT2D eigenvalue weighted by molar-refractivity contribution is -0.136. The number of ether oxygens (including phenoxy) is 2. The van der Waals surface area contributed by atoms with Crippen molar-refractivity contribution in [3.05, 3.63) is 149 Å². The van der Waals surface area contributed by atoms with E-state index in [1.807, 2.05) is 67.6 Å². The summed E-state index contributed by atoms with van der Waals surface area (Å²) in [7, 11) is 0. The van der Waals surface area contributed by atoms with E-state index in [-0.39, 0.29) is 44.8 Å². The number of nitrogens with one attached hydrogen (secondary N) is 3. The normalized spacial score (nSPS) is 17.6. The van der Waals surface area contributed by atoms with Gasteiger partial charge in [-0.15, -0.1) is 5.10 Å². The number of urea groups is 1. The molecule has 0 saturated carbocycles. The number of Topliss-reactive ketones (excluding diaryl/α,β-unsaturated/α-hetero) is 1. The van der Waals surface area contributed by atoms with Crippen LogP contribution in [-0.4, -0.2) is 116 Å². The van der Waals surface area contributed by atoms with E-state index in [2.05, 4.69) is 26.3 Å². The Morgan fingerprint density at radius 1 is 0.882 bits per heavy atom. The van der Waals surface area contributed by atoms with E-state index in [1.54, 1.807) is 46.3 Å². The number of alkyl carbamates (subject to hydrolysis) is 1. The third-order valence-corrected chi connectivity index (χ3v) is 11.8. The summed E-state index contributed by atoms with van der Waals surface area (Å²) >= 11 is 0. The van der Waals surface area contributed by atoms with Gasteiger partial charge >= 0.3 is 24.2 Å². The van der Waals surface area contributed by atoms with Crippen molar-refractivity contribution >= 4 is 41.6 Å². The molecule has 3 aliphatic rings. The van der Waals surface area contributed by atoms with Crippen LogP contribution in [0, 0.1) is 5.92 Å². The van der Waals surface area contributed by atoms with E-state index in [0.29, 0.717) is 55.1 Å². The molecule has 4 atom stereocenters. The zero-order valence-corrected chi connectivity index (χ0v) is 37.3. The fourth-order valence-corrected chi connectivity index (χ4v) is 8.19. The number of anilines is 1. The molecule has 7 rings (SSSR count). The number of hydrogen-bond donors (Lipinski definition) is 5. The van der Waals surface area contributed by atoms with E-state index >= 15 is 4.39 Å². The molecular weight excluding hydrogens is 880 g/mol. The van der Waals surface area contributed by atoms with Crippen LogP contribution in [0.25, 0.3) is 0 Å². The highest BCUT2D eigenvalue weighted by atomic mass is 19.1. The molecule has 1 aliphatic carbocycles. The monoisotopic (exact) mass is 932 g/mol. The first kappa shape index (κ1) is 47.9. The Labute approximate surface area is 391 Å². The average Bonchev–Trinajstić information content (AvgIpc) is 3.83. The number of carboxylic acid groups (broad SMARTS) is 1. The van der Waals surface area contributed by atoms with E-state index in [1.165, 1.54) is 21.9 Å². The van der Waals surface area contributed by atoms with Gasteiger partial charge in [0, 0.05) is 51.2 Å². The van der Waals surface area contributed by atoms with E-state index in [0.717, 1.165) is 11.1 Å². The second-order valence-electron chi connectivity index (χ2n) is 16.4. The molecule has 4 aromatic rings. The van der Waals surface area contributed by atoms with E-state index < -0.39 is 65.7 Å². The molecule has 19 nitrogen and oxygen atoms in total. The van der Waals surface area contributed by atoms with Gasteiger partial charge in [0.25, 0.3) is 0 Å². The maximum absolute atomic E-state index is 15.4. The number of rotatable bonds is 18. The minimum Gasteiger partial charge on any atom is -0.478 e. The lowest BCUT2D eigenvalue weighted by Gasteiger charge is -2.42. The second kappa shape index (κ2) is 22.4. The summed E-state index contributed by atoms with van der Waals surface area (Å²) in [5.74, 6) is -3.99. The van der Waals surface area contributed by atoms with Crippen LogP contribution >= 0.6 is 0 Å². The Morgan fingerprint density at radius 2 is 1.54 bits per heavy atom. The van der Waals surface area contributed by atoms with Gasteiger partial charge in [-0.3, -0.25) is 9.59 Å². The SMILES string of the molecule is CCN1C=C(C(=O)O)C(=O)C2C=C(F)C(N3CCN(C(=O)OCc4ccc(NC(=O)[C@H](CCCNC(N)=O)n5cc([C@H](Cc6ccccc6)NC(=O)OCc6ccccc6)nn5)cc4)CC3)=CC21. The number of carbonyl (C=O) groups excluding carboxylic acids is 5. The van der Waals surface area contributed by atoms with Crippen molar-refractivity contribution in [1.82, 2.24) is 40.3 Å². The lowest BCUT2D eigenvalue weighted by Crippen LogP contribution is -2.50. The van der Waals surface area contributed by atoms with Crippen LogP contribution < -0.4 is 21.7 Å². The molecule has 2 unspecified atom stereocenters. The van der Waals surface area contributed by atoms with Gasteiger partial charge in [-0.1, -0.05) is 78.0 Å². The summed E-state index contributed by atoms with van der Waals surface area (Å²) in [6, 6.07) is 22.7. The molecule has 5 amide bonds. The number of allylic oxidation sites excluding steroid dienone is 1. The largest absolute Gasteiger partial charge is 0.478 e. The zero-order chi connectivity index (χ0) is 48.2. The van der Waals surface area contributed by atoms with Crippen molar-refractivity contribution in [1.29, 1.82) is 0 Å². The van der Waals surface area contributed by atoms with Crippen LogP contribution in [0.5, 0.6) is 0 Å². The topological polar surface area (TPSA) is 244 Å². The summed E-state index contributed by atoms with van der Waals surface area (Å²) in [6.07, 6.45) is 5.52. The molecule has 0 radical (unpaired) electrons. The summed E-state index contributed by atoms with van der Waals surface area (Å²) in [6.45, 7) is 3.57. The highest BCUT2D eigenvalue weighted by Gasteiger charge is 2.41. The first-order valence-corrected chi connectivity index (χ1v) is 22.2. The number of likely N-dealkylation sites (N-methyl/N-ethyl adjacent to an activating group) is 1. The van der Waals surface area contributed by atoms with Gasteiger partial charge in [-0.2, -0.15) is 0 Å². The number of hydrogen-bond acceptors (Lipinski definition) is 12. The number of halogens is 1. The Balaban J connectivity index is 0.942. The molecular formula is C48H53FN10O9. The maximum atomic E-state index is 15.4. The smallest absolute Gasteiger partial charge is 0.410 e. The van der Waals surface area contributed by atoms with Crippen LogP contribution in [-0.2, 0) is 43.5 Å². The first-order valence-electron chi connectivity index (χ1n) is 22.2. The summed E-state index contributed by atoms with van der Waals surface area (Å²) in [5, 5.41) is 26.5. The standard InChI is InChI=1S/C48H53FN10O9/c1-2-56-27-36(45(62)63)43(60)35-25-37(49)42(26-41(35)56)57-20-22-58(23-21-57)48(66)68-30-33-15-17-34(18-16-33)52-44(61)40(14-9-19-51-46(50)64)59-28-39(54-55-59)38(24-31-10-5-3-6-11-31)53-47(65)67-29-32-12-7-4-8-13-32/h3-8,10-13,15-18,25-28,35,38,40-41H,2,9,14,19-24,29-30H2,1H3,(H,52,61)(H,53,65)(H,62,63)(H3,50,51,64)/t35?,38-,40-,41?/m0/s1. The fourth-order valence-electron chi connectivity index (χ4n) is 8.19. The first-order chi connectivity index (χ1) is 32.9.